The molecule has 5 nitrogen and oxygen atoms in total. The molecule has 0 radical (unpaired) electrons. The summed E-state index contributed by atoms with van der Waals surface area (Å²) in [5, 5.41) is 3.38. The lowest BCUT2D eigenvalue weighted by atomic mass is 9.91. The number of hydrogen-bond donors (Lipinski definition) is 1. The Bertz CT molecular complexity index is 1090. The summed E-state index contributed by atoms with van der Waals surface area (Å²) >= 11 is 6.14. The van der Waals surface area contributed by atoms with Gasteiger partial charge in [0.2, 0.25) is 5.91 Å². The number of halogens is 4. The van der Waals surface area contributed by atoms with Crippen molar-refractivity contribution in [3.63, 3.8) is 0 Å². The van der Waals surface area contributed by atoms with Gasteiger partial charge in [-0.15, -0.1) is 0 Å². The van der Waals surface area contributed by atoms with Crippen molar-refractivity contribution < 1.29 is 18.0 Å². The molecule has 0 saturated carbocycles. The molecule has 0 bridgehead atoms. The van der Waals surface area contributed by atoms with E-state index in [2.05, 4.69) is 15.2 Å². The Balaban J connectivity index is 1.61. The van der Waals surface area contributed by atoms with Gasteiger partial charge in [0.05, 0.1) is 16.3 Å². The molecule has 1 saturated heterocycles. The maximum absolute atomic E-state index is 13.3. The van der Waals surface area contributed by atoms with Gasteiger partial charge >= 0.3 is 6.18 Å². The van der Waals surface area contributed by atoms with Crippen molar-refractivity contribution in [2.75, 3.05) is 26.2 Å². The average molecular weight is 465 g/mol. The molecule has 1 atom stereocenters. The predicted octanol–water partition coefficient (Wildman–Crippen LogP) is 4.74. The summed E-state index contributed by atoms with van der Waals surface area (Å²) in [4.78, 5) is 19.4. The van der Waals surface area contributed by atoms with Crippen molar-refractivity contribution in [2.24, 2.45) is 0 Å². The Kier molecular flexibility index (Phi) is 6.71. The van der Waals surface area contributed by atoms with Crippen LogP contribution in [0.5, 0.6) is 0 Å². The van der Waals surface area contributed by atoms with Gasteiger partial charge in [-0.1, -0.05) is 29.8 Å². The van der Waals surface area contributed by atoms with Gasteiger partial charge < -0.3 is 14.6 Å². The van der Waals surface area contributed by atoms with E-state index in [0.29, 0.717) is 28.5 Å². The van der Waals surface area contributed by atoms with Crippen LogP contribution in [0.4, 0.5) is 13.2 Å². The van der Waals surface area contributed by atoms with Crippen molar-refractivity contribution in [3.05, 3.63) is 70.6 Å². The third-order valence-electron chi connectivity index (χ3n) is 5.81. The molecule has 1 fully saturated rings. The number of alkyl halides is 3. The van der Waals surface area contributed by atoms with Gasteiger partial charge in [0, 0.05) is 37.8 Å². The van der Waals surface area contributed by atoms with Crippen LogP contribution in [0.2, 0.25) is 5.02 Å². The fraction of sp³-hybridized carbons (Fsp3) is 0.391. The molecule has 1 unspecified atom stereocenters. The Labute approximate surface area is 189 Å². The number of aromatic nitrogens is 2. The van der Waals surface area contributed by atoms with Gasteiger partial charge in [0.25, 0.3) is 0 Å². The van der Waals surface area contributed by atoms with Crippen molar-refractivity contribution >= 4 is 23.2 Å². The number of fused-ring (bicyclic) bond motifs is 1. The number of carbonyl (C=O) groups is 1. The Morgan fingerprint density at radius 2 is 1.97 bits per heavy atom. The summed E-state index contributed by atoms with van der Waals surface area (Å²) in [6.07, 6.45) is 1.12. The maximum atomic E-state index is 13.3. The van der Waals surface area contributed by atoms with E-state index in [4.69, 9.17) is 11.6 Å². The average Bonchev–Trinajstić information content (AvgIpc) is 3.41. The highest BCUT2D eigenvalue weighted by molar-refractivity contribution is 6.30. The first kappa shape index (κ1) is 22.6. The normalized spacial score (nSPS) is 15.9. The Morgan fingerprint density at radius 3 is 2.72 bits per heavy atom. The van der Waals surface area contributed by atoms with E-state index in [-0.39, 0.29) is 12.3 Å². The maximum Gasteiger partial charge on any atom is 0.416 e. The number of imidazole rings is 1. The van der Waals surface area contributed by atoms with Crippen molar-refractivity contribution in [3.8, 4) is 0 Å². The molecule has 1 N–H and O–H groups in total. The molecule has 1 amide bonds. The molecule has 4 rings (SSSR count). The second kappa shape index (κ2) is 9.50. The van der Waals surface area contributed by atoms with Crippen LogP contribution in [0.1, 0.15) is 42.0 Å². The number of likely N-dealkylation sites (tertiary alicyclic amines) is 1. The monoisotopic (exact) mass is 464 g/mol. The third-order valence-corrected chi connectivity index (χ3v) is 6.03. The Morgan fingerprint density at radius 1 is 1.19 bits per heavy atom. The second-order valence-corrected chi connectivity index (χ2v) is 8.47. The second-order valence-electron chi connectivity index (χ2n) is 8.04. The standard InChI is InChI=1S/C23H24ClF3N4O/c24-18-6-7-21-29-14-20(31(21)15-18)19(16-4-3-5-17(12-16)23(25,26)27)13-22(32)28-8-11-30-9-1-2-10-30/h3-7,12,14-15,19H,1-2,8-11,13H2,(H,28,32). The quantitative estimate of drug-likeness (QED) is 0.549. The molecule has 3 heterocycles. The van der Waals surface area contributed by atoms with Crippen LogP contribution < -0.4 is 5.32 Å². The van der Waals surface area contributed by atoms with Crippen molar-refractivity contribution in [2.45, 2.75) is 31.4 Å². The molecule has 170 valence electrons. The van der Waals surface area contributed by atoms with Crippen LogP contribution in [0.15, 0.2) is 48.8 Å². The summed E-state index contributed by atoms with van der Waals surface area (Å²) in [6, 6.07) is 8.53. The minimum atomic E-state index is -4.47. The molecule has 3 aromatic rings. The van der Waals surface area contributed by atoms with Crippen LogP contribution in [-0.2, 0) is 11.0 Å². The van der Waals surface area contributed by atoms with Crippen LogP contribution >= 0.6 is 11.6 Å². The highest BCUT2D eigenvalue weighted by Crippen LogP contribution is 2.34. The smallest absolute Gasteiger partial charge is 0.355 e. The van der Waals surface area contributed by atoms with Crippen LogP contribution in [0.25, 0.3) is 5.65 Å². The zero-order valence-electron chi connectivity index (χ0n) is 17.4. The zero-order valence-corrected chi connectivity index (χ0v) is 18.2. The predicted molar refractivity (Wildman–Crippen MR) is 117 cm³/mol. The van der Waals surface area contributed by atoms with Crippen molar-refractivity contribution in [1.29, 1.82) is 0 Å². The SMILES string of the molecule is O=C(CC(c1cccc(C(F)(F)F)c1)c1cnc2ccc(Cl)cn12)NCCN1CCCC1. The molecule has 1 aliphatic rings. The molecule has 2 aromatic heterocycles. The van der Waals surface area contributed by atoms with E-state index < -0.39 is 17.7 Å². The summed E-state index contributed by atoms with van der Waals surface area (Å²) in [7, 11) is 0. The first-order valence-corrected chi connectivity index (χ1v) is 11.0. The number of benzene rings is 1. The van der Waals surface area contributed by atoms with Crippen LogP contribution in [0, 0.1) is 0 Å². The van der Waals surface area contributed by atoms with Crippen LogP contribution in [-0.4, -0.2) is 46.4 Å². The largest absolute Gasteiger partial charge is 0.416 e. The lowest BCUT2D eigenvalue weighted by Gasteiger charge is -2.20. The number of nitrogens with zero attached hydrogens (tertiary/aromatic N) is 3. The fourth-order valence-electron chi connectivity index (χ4n) is 4.17. The highest BCUT2D eigenvalue weighted by atomic mass is 35.5. The molecule has 0 aliphatic carbocycles. The zero-order chi connectivity index (χ0) is 22.7. The lowest BCUT2D eigenvalue weighted by Crippen LogP contribution is -2.34. The van der Waals surface area contributed by atoms with E-state index in [0.717, 1.165) is 31.8 Å². The van der Waals surface area contributed by atoms with Gasteiger partial charge in [-0.25, -0.2) is 4.98 Å². The number of carbonyl (C=O) groups excluding carboxylic acids is 1. The van der Waals surface area contributed by atoms with Gasteiger partial charge in [-0.2, -0.15) is 13.2 Å². The van der Waals surface area contributed by atoms with E-state index in [1.165, 1.54) is 18.9 Å². The van der Waals surface area contributed by atoms with E-state index in [1.54, 1.807) is 35.0 Å². The summed E-state index contributed by atoms with van der Waals surface area (Å²) in [5.74, 6) is -0.832. The number of rotatable bonds is 7. The van der Waals surface area contributed by atoms with E-state index >= 15 is 0 Å². The molecule has 32 heavy (non-hydrogen) atoms. The topological polar surface area (TPSA) is 49.6 Å². The Hall–Kier alpha value is -2.58. The minimum Gasteiger partial charge on any atom is -0.355 e. The van der Waals surface area contributed by atoms with E-state index in [9.17, 15) is 18.0 Å². The van der Waals surface area contributed by atoms with Gasteiger partial charge in [-0.05, 0) is 49.7 Å². The number of pyridine rings is 1. The first-order valence-electron chi connectivity index (χ1n) is 10.6. The number of nitrogens with one attached hydrogen (secondary N) is 1. The number of hydrogen-bond acceptors (Lipinski definition) is 3. The molecule has 0 spiro atoms. The van der Waals surface area contributed by atoms with Crippen molar-refractivity contribution in [1.82, 2.24) is 19.6 Å². The van der Waals surface area contributed by atoms with Gasteiger partial charge in [0.1, 0.15) is 5.65 Å². The van der Waals surface area contributed by atoms with Gasteiger partial charge in [-0.3, -0.25) is 4.79 Å². The van der Waals surface area contributed by atoms with Gasteiger partial charge in [0.15, 0.2) is 0 Å². The fourth-order valence-corrected chi connectivity index (χ4v) is 4.33. The molecule has 9 heteroatoms. The van der Waals surface area contributed by atoms with E-state index in [1.807, 2.05) is 0 Å². The number of amides is 1. The minimum absolute atomic E-state index is 0.00160. The first-order chi connectivity index (χ1) is 15.3. The third kappa shape index (κ3) is 5.24. The lowest BCUT2D eigenvalue weighted by molar-refractivity contribution is -0.137. The molecular weight excluding hydrogens is 441 g/mol. The molecular formula is C23H24ClF3N4O. The highest BCUT2D eigenvalue weighted by Gasteiger charge is 2.32. The summed E-state index contributed by atoms with van der Waals surface area (Å²) < 4.78 is 41.7. The molecule has 1 aliphatic heterocycles. The summed E-state index contributed by atoms with van der Waals surface area (Å²) in [5.41, 5.74) is 0.866. The van der Waals surface area contributed by atoms with Crippen LogP contribution in [0.3, 0.4) is 0 Å². The molecule has 1 aromatic carbocycles. The summed E-state index contributed by atoms with van der Waals surface area (Å²) in [6.45, 7) is 3.34.